The van der Waals surface area contributed by atoms with E-state index in [0.717, 1.165) is 29.9 Å². The van der Waals surface area contributed by atoms with Gasteiger partial charge >= 0.3 is 0 Å². The molecule has 0 aliphatic carbocycles. The lowest BCUT2D eigenvalue weighted by molar-refractivity contribution is -0.117. The number of anilines is 2. The maximum atomic E-state index is 12.4. The normalized spacial score (nSPS) is 14.0. The van der Waals surface area contributed by atoms with Gasteiger partial charge in [-0.25, -0.2) is 0 Å². The average molecular weight is 324 g/mol. The minimum atomic E-state index is -0.183. The summed E-state index contributed by atoms with van der Waals surface area (Å²) in [6.45, 7) is 1.18. The zero-order valence-corrected chi connectivity index (χ0v) is 13.6. The predicted molar refractivity (Wildman–Crippen MR) is 93.1 cm³/mol. The third-order valence-corrected chi connectivity index (χ3v) is 4.08. The summed E-state index contributed by atoms with van der Waals surface area (Å²) in [5, 5.41) is 2.91. The molecule has 1 saturated heterocycles. The van der Waals surface area contributed by atoms with Crippen LogP contribution in [0.1, 0.15) is 28.8 Å². The molecule has 24 heavy (non-hydrogen) atoms. The molecule has 1 fully saturated rings. The lowest BCUT2D eigenvalue weighted by Gasteiger charge is -2.16. The SMILES string of the molecule is COCc1ccccc1NC(=O)c1ccc(N2CCCC2=O)cc1. The van der Waals surface area contributed by atoms with E-state index >= 15 is 0 Å². The molecular formula is C19H20N2O3. The fourth-order valence-corrected chi connectivity index (χ4v) is 2.83. The average Bonchev–Trinajstić information content (AvgIpc) is 3.03. The van der Waals surface area contributed by atoms with Crippen molar-refractivity contribution < 1.29 is 14.3 Å². The van der Waals surface area contributed by atoms with Crippen LogP contribution in [0.5, 0.6) is 0 Å². The molecule has 1 heterocycles. The van der Waals surface area contributed by atoms with Gasteiger partial charge in [-0.3, -0.25) is 9.59 Å². The summed E-state index contributed by atoms with van der Waals surface area (Å²) >= 11 is 0. The largest absolute Gasteiger partial charge is 0.380 e. The van der Waals surface area contributed by atoms with Crippen LogP contribution >= 0.6 is 0 Å². The quantitative estimate of drug-likeness (QED) is 0.919. The van der Waals surface area contributed by atoms with Crippen LogP contribution in [0.2, 0.25) is 0 Å². The number of amides is 2. The zero-order chi connectivity index (χ0) is 16.9. The fourth-order valence-electron chi connectivity index (χ4n) is 2.83. The van der Waals surface area contributed by atoms with Crippen molar-refractivity contribution >= 4 is 23.2 Å². The van der Waals surface area contributed by atoms with Crippen LogP contribution in [0, 0.1) is 0 Å². The standard InChI is InChI=1S/C19H20N2O3/c1-24-13-15-5-2-3-6-17(15)20-19(23)14-8-10-16(11-9-14)21-12-4-7-18(21)22/h2-3,5-6,8-11H,4,7,12-13H2,1H3,(H,20,23). The van der Waals surface area contributed by atoms with Crippen LogP contribution in [0.25, 0.3) is 0 Å². The predicted octanol–water partition coefficient (Wildman–Crippen LogP) is 3.21. The summed E-state index contributed by atoms with van der Waals surface area (Å²) < 4.78 is 5.15. The second-order valence-corrected chi connectivity index (χ2v) is 5.74. The van der Waals surface area contributed by atoms with Crippen molar-refractivity contribution in [2.45, 2.75) is 19.4 Å². The van der Waals surface area contributed by atoms with Gasteiger partial charge < -0.3 is 15.0 Å². The molecule has 1 N–H and O–H groups in total. The maximum Gasteiger partial charge on any atom is 0.255 e. The van der Waals surface area contributed by atoms with E-state index in [1.54, 1.807) is 24.1 Å². The Hall–Kier alpha value is -2.66. The van der Waals surface area contributed by atoms with Crippen molar-refractivity contribution in [2.24, 2.45) is 0 Å². The van der Waals surface area contributed by atoms with Crippen molar-refractivity contribution in [3.63, 3.8) is 0 Å². The van der Waals surface area contributed by atoms with E-state index in [1.807, 2.05) is 36.4 Å². The molecule has 0 aromatic heterocycles. The third-order valence-electron chi connectivity index (χ3n) is 4.08. The second-order valence-electron chi connectivity index (χ2n) is 5.74. The molecule has 0 atom stereocenters. The molecule has 124 valence electrons. The Morgan fingerprint density at radius 1 is 1.17 bits per heavy atom. The number of hydrogen-bond acceptors (Lipinski definition) is 3. The molecule has 0 bridgehead atoms. The van der Waals surface area contributed by atoms with Crippen LogP contribution in [0.15, 0.2) is 48.5 Å². The number of methoxy groups -OCH3 is 1. The highest BCUT2D eigenvalue weighted by Gasteiger charge is 2.21. The van der Waals surface area contributed by atoms with Crippen LogP contribution < -0.4 is 10.2 Å². The molecule has 3 rings (SSSR count). The number of hydrogen-bond donors (Lipinski definition) is 1. The Bertz CT molecular complexity index is 741. The number of carbonyl (C=O) groups is 2. The molecule has 0 saturated carbocycles. The number of ether oxygens (including phenoxy) is 1. The highest BCUT2D eigenvalue weighted by atomic mass is 16.5. The first-order valence-corrected chi connectivity index (χ1v) is 7.97. The Morgan fingerprint density at radius 3 is 2.58 bits per heavy atom. The van der Waals surface area contributed by atoms with E-state index in [4.69, 9.17) is 4.74 Å². The molecule has 5 heteroatoms. The number of nitrogens with one attached hydrogen (secondary N) is 1. The maximum absolute atomic E-state index is 12.4. The molecule has 1 aliphatic heterocycles. The highest BCUT2D eigenvalue weighted by Crippen LogP contribution is 2.22. The fraction of sp³-hybridized carbons (Fsp3) is 0.263. The third kappa shape index (κ3) is 3.46. The number of benzene rings is 2. The highest BCUT2D eigenvalue weighted by molar-refractivity contribution is 6.05. The van der Waals surface area contributed by atoms with Gasteiger partial charge in [0.15, 0.2) is 0 Å². The first-order chi connectivity index (χ1) is 11.7. The lowest BCUT2D eigenvalue weighted by Crippen LogP contribution is -2.23. The summed E-state index contributed by atoms with van der Waals surface area (Å²) in [7, 11) is 1.62. The zero-order valence-electron chi connectivity index (χ0n) is 13.6. The van der Waals surface area contributed by atoms with E-state index in [2.05, 4.69) is 5.32 Å². The Morgan fingerprint density at radius 2 is 1.92 bits per heavy atom. The van der Waals surface area contributed by atoms with Crippen LogP contribution in [0.3, 0.4) is 0 Å². The van der Waals surface area contributed by atoms with Crippen molar-refractivity contribution in [3.8, 4) is 0 Å². The van der Waals surface area contributed by atoms with E-state index in [0.29, 0.717) is 18.6 Å². The van der Waals surface area contributed by atoms with Gasteiger partial charge in [-0.1, -0.05) is 18.2 Å². The molecular weight excluding hydrogens is 304 g/mol. The molecule has 2 aromatic carbocycles. The summed E-state index contributed by atoms with van der Waals surface area (Å²) in [4.78, 5) is 26.0. The van der Waals surface area contributed by atoms with E-state index in [9.17, 15) is 9.59 Å². The molecule has 0 radical (unpaired) electrons. The van der Waals surface area contributed by atoms with E-state index in [1.165, 1.54) is 0 Å². The lowest BCUT2D eigenvalue weighted by atomic mass is 10.1. The van der Waals surface area contributed by atoms with Gasteiger partial charge in [0.25, 0.3) is 5.91 Å². The summed E-state index contributed by atoms with van der Waals surface area (Å²) in [5.41, 5.74) is 3.06. The van der Waals surface area contributed by atoms with Crippen LogP contribution in [0.4, 0.5) is 11.4 Å². The summed E-state index contributed by atoms with van der Waals surface area (Å²) in [6, 6.07) is 14.7. The van der Waals surface area contributed by atoms with E-state index < -0.39 is 0 Å². The smallest absolute Gasteiger partial charge is 0.255 e. The molecule has 0 unspecified atom stereocenters. The first-order valence-electron chi connectivity index (χ1n) is 7.97. The Labute approximate surface area is 141 Å². The minimum absolute atomic E-state index is 0.140. The molecule has 0 spiro atoms. The second kappa shape index (κ2) is 7.27. The molecule has 1 aliphatic rings. The Balaban J connectivity index is 1.73. The van der Waals surface area contributed by atoms with Gasteiger partial charge in [-0.15, -0.1) is 0 Å². The van der Waals surface area contributed by atoms with Gasteiger partial charge in [0, 0.05) is 42.6 Å². The van der Waals surface area contributed by atoms with Crippen molar-refractivity contribution in [1.29, 1.82) is 0 Å². The van der Waals surface area contributed by atoms with Crippen molar-refractivity contribution in [2.75, 3.05) is 23.9 Å². The van der Waals surface area contributed by atoms with Gasteiger partial charge in [0.2, 0.25) is 5.91 Å². The first kappa shape index (κ1) is 16.2. The van der Waals surface area contributed by atoms with Crippen molar-refractivity contribution in [1.82, 2.24) is 0 Å². The van der Waals surface area contributed by atoms with Crippen molar-refractivity contribution in [3.05, 3.63) is 59.7 Å². The number of rotatable bonds is 5. The van der Waals surface area contributed by atoms with Gasteiger partial charge in [0.05, 0.1) is 6.61 Å². The molecule has 2 aromatic rings. The number of carbonyl (C=O) groups excluding carboxylic acids is 2. The van der Waals surface area contributed by atoms with Crippen LogP contribution in [-0.4, -0.2) is 25.5 Å². The van der Waals surface area contributed by atoms with Gasteiger partial charge in [0.1, 0.15) is 0 Å². The summed E-state index contributed by atoms with van der Waals surface area (Å²) in [6.07, 6.45) is 1.48. The van der Waals surface area contributed by atoms with Crippen LogP contribution in [-0.2, 0) is 16.1 Å². The van der Waals surface area contributed by atoms with Gasteiger partial charge in [-0.05, 0) is 36.8 Å². The topological polar surface area (TPSA) is 58.6 Å². The Kier molecular flexibility index (Phi) is 4.91. The molecule has 2 amide bonds. The number of nitrogens with zero attached hydrogens (tertiary/aromatic N) is 1. The molecule has 5 nitrogen and oxygen atoms in total. The number of para-hydroxylation sites is 1. The summed E-state index contributed by atoms with van der Waals surface area (Å²) in [5.74, 6) is -0.0430. The minimum Gasteiger partial charge on any atom is -0.380 e. The van der Waals surface area contributed by atoms with Gasteiger partial charge in [-0.2, -0.15) is 0 Å². The monoisotopic (exact) mass is 324 g/mol. The van der Waals surface area contributed by atoms with E-state index in [-0.39, 0.29) is 11.8 Å².